The van der Waals surface area contributed by atoms with Gasteiger partial charge in [0.2, 0.25) is 0 Å². The molecule has 4 heteroatoms. The van der Waals surface area contributed by atoms with Crippen LogP contribution in [0, 0.1) is 5.82 Å². The van der Waals surface area contributed by atoms with Crippen LogP contribution < -0.4 is 5.46 Å². The predicted octanol–water partition coefficient (Wildman–Crippen LogP) is 2.77. The van der Waals surface area contributed by atoms with E-state index in [0.29, 0.717) is 5.56 Å². The molecule has 0 amide bonds. The maximum absolute atomic E-state index is 14.1. The zero-order valence-electron chi connectivity index (χ0n) is 13.1. The molecule has 1 saturated heterocycles. The van der Waals surface area contributed by atoms with Gasteiger partial charge in [0, 0.05) is 5.46 Å². The Balaban J connectivity index is 2.47. The summed E-state index contributed by atoms with van der Waals surface area (Å²) < 4.78 is 40.3. The Hall–Kier alpha value is -1.13. The van der Waals surface area contributed by atoms with Crippen molar-refractivity contribution in [2.45, 2.75) is 38.9 Å². The monoisotopic (exact) mass is 250 g/mol. The van der Waals surface area contributed by atoms with Crippen molar-refractivity contribution in [3.8, 4) is 0 Å². The highest BCUT2D eigenvalue weighted by atomic mass is 19.1. The Labute approximate surface area is 111 Å². The summed E-state index contributed by atoms with van der Waals surface area (Å²) in [5.41, 5.74) is -0.455. The lowest BCUT2D eigenvalue weighted by molar-refractivity contribution is 0.00578. The van der Waals surface area contributed by atoms with Crippen molar-refractivity contribution in [3.63, 3.8) is 0 Å². The van der Waals surface area contributed by atoms with Crippen molar-refractivity contribution in [2.24, 2.45) is 0 Å². The van der Waals surface area contributed by atoms with Crippen LogP contribution in [0.2, 0.25) is 0 Å². The summed E-state index contributed by atoms with van der Waals surface area (Å²) in [5.74, 6) is -0.460. The van der Waals surface area contributed by atoms with E-state index in [1.165, 1.54) is 12.1 Å². The number of hydrogen-bond acceptors (Lipinski definition) is 2. The molecule has 0 unspecified atom stereocenters. The van der Waals surface area contributed by atoms with Crippen LogP contribution in [0.5, 0.6) is 0 Å². The molecule has 0 spiro atoms. The van der Waals surface area contributed by atoms with E-state index in [0.717, 1.165) is 0 Å². The molecule has 1 aromatic rings. The van der Waals surface area contributed by atoms with Gasteiger partial charge in [-0.3, -0.25) is 0 Å². The van der Waals surface area contributed by atoms with Crippen LogP contribution in [-0.2, 0) is 9.31 Å². The van der Waals surface area contributed by atoms with Gasteiger partial charge >= 0.3 is 7.12 Å². The molecule has 2 rings (SSSR count). The molecule has 0 aliphatic carbocycles. The van der Waals surface area contributed by atoms with Gasteiger partial charge in [0.05, 0.1) is 13.9 Å². The Bertz CT molecular complexity index is 538. The molecule has 1 aliphatic rings. The van der Waals surface area contributed by atoms with Crippen molar-refractivity contribution in [3.05, 3.63) is 36.1 Å². The number of hydrogen-bond donors (Lipinski definition) is 0. The van der Waals surface area contributed by atoms with E-state index in [4.69, 9.17) is 12.1 Å². The fourth-order valence-corrected chi connectivity index (χ4v) is 1.89. The molecule has 96 valence electrons. The van der Waals surface area contributed by atoms with E-state index in [9.17, 15) is 4.39 Å². The maximum Gasteiger partial charge on any atom is 0.498 e. The lowest BCUT2D eigenvalue weighted by Crippen LogP contribution is -2.41. The largest absolute Gasteiger partial charge is 0.498 e. The molecule has 0 radical (unpaired) electrons. The van der Waals surface area contributed by atoms with E-state index < -0.39 is 30.7 Å². The van der Waals surface area contributed by atoms with Crippen LogP contribution in [0.25, 0.3) is 6.08 Å². The van der Waals surface area contributed by atoms with E-state index in [1.54, 1.807) is 12.1 Å². The zero-order valence-corrected chi connectivity index (χ0v) is 11.1. The minimum atomic E-state index is -0.841. The first-order valence-corrected chi connectivity index (χ1v) is 5.93. The van der Waals surface area contributed by atoms with E-state index in [1.807, 2.05) is 27.7 Å². The Morgan fingerprint density at radius 2 is 1.89 bits per heavy atom. The van der Waals surface area contributed by atoms with Crippen LogP contribution >= 0.6 is 0 Å². The molecule has 0 bridgehead atoms. The van der Waals surface area contributed by atoms with Crippen LogP contribution in [0.4, 0.5) is 4.39 Å². The van der Waals surface area contributed by atoms with E-state index in [2.05, 4.69) is 0 Å². The summed E-state index contributed by atoms with van der Waals surface area (Å²) >= 11 is 0. The summed E-state index contributed by atoms with van der Waals surface area (Å²) in [6, 6.07) is 4.51. The Morgan fingerprint density at radius 1 is 1.28 bits per heavy atom. The third-order valence-electron chi connectivity index (χ3n) is 3.73. The highest BCUT2D eigenvalue weighted by molar-refractivity contribution is 6.63. The van der Waals surface area contributed by atoms with E-state index >= 15 is 0 Å². The number of rotatable bonds is 2. The molecule has 0 aromatic heterocycles. The molecule has 0 N–H and O–H groups in total. The Kier molecular flexibility index (Phi) is 2.52. The smallest absolute Gasteiger partial charge is 0.399 e. The standard InChI is InChI=1S/C14H18BFO2/c1-6-10-8-7-9-11(16)12(10)15-17-13(2,3)14(4,5)18-15/h6-9H,1H2,2-5H3/i1D2. The molecule has 1 fully saturated rings. The van der Waals surface area contributed by atoms with Crippen molar-refractivity contribution < 1.29 is 16.4 Å². The molecule has 1 heterocycles. The third-order valence-corrected chi connectivity index (χ3v) is 3.73. The quantitative estimate of drug-likeness (QED) is 0.751. The van der Waals surface area contributed by atoms with Crippen LogP contribution in [-0.4, -0.2) is 18.3 Å². The normalized spacial score (nSPS) is 22.4. The van der Waals surface area contributed by atoms with Crippen LogP contribution in [0.3, 0.4) is 0 Å². The van der Waals surface area contributed by atoms with Crippen molar-refractivity contribution >= 4 is 18.7 Å². The number of benzene rings is 1. The fourth-order valence-electron chi connectivity index (χ4n) is 1.89. The van der Waals surface area contributed by atoms with Crippen molar-refractivity contribution in [1.82, 2.24) is 0 Å². The van der Waals surface area contributed by atoms with Gasteiger partial charge in [0.25, 0.3) is 0 Å². The highest BCUT2D eigenvalue weighted by Crippen LogP contribution is 2.36. The molecule has 18 heavy (non-hydrogen) atoms. The fraction of sp³-hybridized carbons (Fsp3) is 0.429. The second-order valence-corrected chi connectivity index (χ2v) is 5.48. The summed E-state index contributed by atoms with van der Waals surface area (Å²) in [4.78, 5) is 0. The maximum atomic E-state index is 14.1. The van der Waals surface area contributed by atoms with Crippen molar-refractivity contribution in [1.29, 1.82) is 0 Å². The topological polar surface area (TPSA) is 18.5 Å². The van der Waals surface area contributed by atoms with Gasteiger partial charge in [-0.2, -0.15) is 0 Å². The second-order valence-electron chi connectivity index (χ2n) is 5.48. The zero-order chi connectivity index (χ0) is 15.1. The van der Waals surface area contributed by atoms with Gasteiger partial charge in [0.15, 0.2) is 0 Å². The summed E-state index contributed by atoms with van der Waals surface area (Å²) in [5, 5.41) is 0. The van der Waals surface area contributed by atoms with Crippen molar-refractivity contribution in [2.75, 3.05) is 0 Å². The molecular weight excluding hydrogens is 230 g/mol. The van der Waals surface area contributed by atoms with Gasteiger partial charge < -0.3 is 9.31 Å². The third kappa shape index (κ3) is 2.00. The molecule has 0 saturated carbocycles. The Morgan fingerprint density at radius 3 is 2.44 bits per heavy atom. The first-order chi connectivity index (χ1) is 9.14. The van der Waals surface area contributed by atoms with Gasteiger partial charge in [-0.25, -0.2) is 4.39 Å². The SMILES string of the molecule is [2H]C([2H])=Cc1cccc(F)c1B1OC(C)(C)C(C)(C)O1. The van der Waals surface area contributed by atoms with E-state index in [-0.39, 0.29) is 5.46 Å². The van der Waals surface area contributed by atoms with Gasteiger partial charge in [-0.1, -0.05) is 24.7 Å². The van der Waals surface area contributed by atoms with Gasteiger partial charge in [-0.15, -0.1) is 0 Å². The molecule has 1 aromatic carbocycles. The van der Waals surface area contributed by atoms with Crippen LogP contribution in [0.15, 0.2) is 24.7 Å². The average Bonchev–Trinajstić information content (AvgIpc) is 2.46. The minimum absolute atomic E-state index is 0.239. The predicted molar refractivity (Wildman–Crippen MR) is 72.2 cm³/mol. The second kappa shape index (κ2) is 4.21. The molecule has 1 aliphatic heterocycles. The highest BCUT2D eigenvalue weighted by Gasteiger charge is 2.52. The average molecular weight is 250 g/mol. The minimum Gasteiger partial charge on any atom is -0.399 e. The van der Waals surface area contributed by atoms with Gasteiger partial charge in [0.1, 0.15) is 5.82 Å². The van der Waals surface area contributed by atoms with Crippen LogP contribution in [0.1, 0.15) is 36.0 Å². The molecule has 2 nitrogen and oxygen atoms in total. The molecule has 0 atom stereocenters. The summed E-state index contributed by atoms with van der Waals surface area (Å²) in [6.07, 6.45) is 1.28. The first kappa shape index (κ1) is 10.8. The number of halogens is 1. The lowest BCUT2D eigenvalue weighted by Gasteiger charge is -2.32. The first-order valence-electron chi connectivity index (χ1n) is 6.93. The summed E-state index contributed by atoms with van der Waals surface area (Å²) in [7, 11) is -0.841. The lowest BCUT2D eigenvalue weighted by atomic mass is 9.75. The summed E-state index contributed by atoms with van der Waals surface area (Å²) in [6.45, 7) is 7.18. The van der Waals surface area contributed by atoms with Gasteiger partial charge in [-0.05, 0) is 39.3 Å². The molecular formula is C14H18BFO2.